The number of carbonyl (C=O) groups is 1. The first-order chi connectivity index (χ1) is 10.2. The molecule has 0 aromatic carbocycles. The SMILES string of the molecule is CN=C(NCCCC(=O)NC1CC1)NCc1sccc1C. The van der Waals surface area contributed by atoms with Crippen molar-refractivity contribution >= 4 is 23.2 Å². The van der Waals surface area contributed by atoms with Crippen LogP contribution in [-0.4, -0.2) is 31.5 Å². The quantitative estimate of drug-likeness (QED) is 0.409. The largest absolute Gasteiger partial charge is 0.356 e. The third kappa shape index (κ3) is 5.75. The van der Waals surface area contributed by atoms with E-state index in [1.54, 1.807) is 18.4 Å². The third-order valence-corrected chi connectivity index (χ3v) is 4.45. The Labute approximate surface area is 130 Å². The number of amides is 1. The summed E-state index contributed by atoms with van der Waals surface area (Å²) < 4.78 is 0. The van der Waals surface area contributed by atoms with Crippen molar-refractivity contribution in [3.05, 3.63) is 21.9 Å². The molecule has 1 amide bonds. The number of nitrogens with one attached hydrogen (secondary N) is 3. The average molecular weight is 308 g/mol. The Morgan fingerprint density at radius 1 is 1.43 bits per heavy atom. The highest BCUT2D eigenvalue weighted by atomic mass is 32.1. The number of aliphatic imine (C=N–C) groups is 1. The van der Waals surface area contributed by atoms with Crippen molar-refractivity contribution < 1.29 is 4.79 Å². The van der Waals surface area contributed by atoms with Gasteiger partial charge in [-0.1, -0.05) is 0 Å². The lowest BCUT2D eigenvalue weighted by Gasteiger charge is -2.11. The highest BCUT2D eigenvalue weighted by Crippen LogP contribution is 2.18. The lowest BCUT2D eigenvalue weighted by molar-refractivity contribution is -0.121. The minimum atomic E-state index is 0.163. The Bertz CT molecular complexity index is 494. The summed E-state index contributed by atoms with van der Waals surface area (Å²) in [4.78, 5) is 17.1. The van der Waals surface area contributed by atoms with Crippen LogP contribution in [0.25, 0.3) is 0 Å². The van der Waals surface area contributed by atoms with Crippen LogP contribution in [0, 0.1) is 6.92 Å². The average Bonchev–Trinajstić information content (AvgIpc) is 3.19. The van der Waals surface area contributed by atoms with E-state index in [1.807, 2.05) is 0 Å². The highest BCUT2D eigenvalue weighted by Gasteiger charge is 2.22. The standard InChI is InChI=1S/C15H24N4OS/c1-11-7-9-21-13(11)10-18-15(16-2)17-8-3-4-14(20)19-12-5-6-12/h7,9,12H,3-6,8,10H2,1-2H3,(H,19,20)(H2,16,17,18). The summed E-state index contributed by atoms with van der Waals surface area (Å²) in [5.74, 6) is 0.946. The zero-order chi connectivity index (χ0) is 15.1. The van der Waals surface area contributed by atoms with Gasteiger partial charge in [-0.25, -0.2) is 0 Å². The van der Waals surface area contributed by atoms with Gasteiger partial charge in [0.05, 0.1) is 6.54 Å². The second-order valence-corrected chi connectivity index (χ2v) is 6.33. The summed E-state index contributed by atoms with van der Waals surface area (Å²) in [5.41, 5.74) is 1.31. The summed E-state index contributed by atoms with van der Waals surface area (Å²) >= 11 is 1.75. The van der Waals surface area contributed by atoms with Crippen molar-refractivity contribution in [1.29, 1.82) is 0 Å². The van der Waals surface area contributed by atoms with Crippen LogP contribution in [-0.2, 0) is 11.3 Å². The number of rotatable bonds is 7. The van der Waals surface area contributed by atoms with E-state index in [9.17, 15) is 4.79 Å². The third-order valence-electron chi connectivity index (χ3n) is 3.42. The topological polar surface area (TPSA) is 65.5 Å². The number of hydrogen-bond acceptors (Lipinski definition) is 3. The summed E-state index contributed by atoms with van der Waals surface area (Å²) in [6.07, 6.45) is 3.67. The van der Waals surface area contributed by atoms with E-state index >= 15 is 0 Å². The second-order valence-electron chi connectivity index (χ2n) is 5.32. The van der Waals surface area contributed by atoms with Crippen LogP contribution in [0.2, 0.25) is 0 Å². The molecule has 1 aliphatic carbocycles. The number of thiophene rings is 1. The van der Waals surface area contributed by atoms with E-state index in [1.165, 1.54) is 10.4 Å². The monoisotopic (exact) mass is 308 g/mol. The molecule has 1 aromatic rings. The minimum absolute atomic E-state index is 0.163. The lowest BCUT2D eigenvalue weighted by atomic mass is 10.3. The van der Waals surface area contributed by atoms with Crippen molar-refractivity contribution in [3.8, 4) is 0 Å². The molecule has 3 N–H and O–H groups in total. The smallest absolute Gasteiger partial charge is 0.220 e. The molecule has 1 heterocycles. The molecule has 0 saturated heterocycles. The number of nitrogens with zero attached hydrogens (tertiary/aromatic N) is 1. The molecule has 2 rings (SSSR count). The molecule has 1 saturated carbocycles. The predicted octanol–water partition coefficient (Wildman–Crippen LogP) is 1.78. The molecule has 0 radical (unpaired) electrons. The van der Waals surface area contributed by atoms with Gasteiger partial charge in [0, 0.05) is 30.9 Å². The Hall–Kier alpha value is -1.56. The van der Waals surface area contributed by atoms with Gasteiger partial charge >= 0.3 is 0 Å². The van der Waals surface area contributed by atoms with Gasteiger partial charge in [0.1, 0.15) is 0 Å². The van der Waals surface area contributed by atoms with E-state index in [2.05, 4.69) is 39.3 Å². The molecule has 116 valence electrons. The van der Waals surface area contributed by atoms with Crippen LogP contribution >= 0.6 is 11.3 Å². The number of hydrogen-bond donors (Lipinski definition) is 3. The fraction of sp³-hybridized carbons (Fsp3) is 0.600. The second kappa shape index (κ2) is 8.02. The summed E-state index contributed by atoms with van der Waals surface area (Å²) in [7, 11) is 1.76. The van der Waals surface area contributed by atoms with E-state index in [4.69, 9.17) is 0 Å². The molecule has 0 unspecified atom stereocenters. The van der Waals surface area contributed by atoms with E-state index in [0.29, 0.717) is 12.5 Å². The molecular formula is C15H24N4OS. The van der Waals surface area contributed by atoms with Gasteiger partial charge in [-0.2, -0.15) is 0 Å². The van der Waals surface area contributed by atoms with Gasteiger partial charge in [-0.15, -0.1) is 11.3 Å². The Kier molecular flexibility index (Phi) is 6.04. The minimum Gasteiger partial charge on any atom is -0.356 e. The molecule has 0 aliphatic heterocycles. The van der Waals surface area contributed by atoms with Gasteiger partial charge in [-0.05, 0) is 43.2 Å². The maximum atomic E-state index is 11.5. The molecule has 1 aliphatic rings. The first-order valence-corrected chi connectivity index (χ1v) is 8.34. The highest BCUT2D eigenvalue weighted by molar-refractivity contribution is 7.10. The first-order valence-electron chi connectivity index (χ1n) is 7.46. The molecular weight excluding hydrogens is 284 g/mol. The van der Waals surface area contributed by atoms with Crippen LogP contribution in [0.5, 0.6) is 0 Å². The molecule has 21 heavy (non-hydrogen) atoms. The summed E-state index contributed by atoms with van der Waals surface area (Å²) in [5, 5.41) is 11.6. The van der Waals surface area contributed by atoms with Crippen LogP contribution in [0.1, 0.15) is 36.1 Å². The summed E-state index contributed by atoms with van der Waals surface area (Å²) in [6.45, 7) is 3.65. The zero-order valence-corrected chi connectivity index (χ0v) is 13.6. The molecule has 1 fully saturated rings. The number of aryl methyl sites for hydroxylation is 1. The number of guanidine groups is 1. The van der Waals surface area contributed by atoms with Crippen LogP contribution in [0.4, 0.5) is 0 Å². The maximum Gasteiger partial charge on any atom is 0.220 e. The van der Waals surface area contributed by atoms with Crippen molar-refractivity contribution in [2.75, 3.05) is 13.6 Å². The molecule has 6 heteroatoms. The molecule has 0 spiro atoms. The van der Waals surface area contributed by atoms with Gasteiger partial charge in [-0.3, -0.25) is 9.79 Å². The zero-order valence-electron chi connectivity index (χ0n) is 12.7. The predicted molar refractivity (Wildman–Crippen MR) is 87.7 cm³/mol. The fourth-order valence-corrected chi connectivity index (χ4v) is 2.80. The van der Waals surface area contributed by atoms with Crippen LogP contribution in [0.15, 0.2) is 16.4 Å². The normalized spacial score (nSPS) is 14.9. The molecule has 0 atom stereocenters. The van der Waals surface area contributed by atoms with Crippen LogP contribution in [0.3, 0.4) is 0 Å². The lowest BCUT2D eigenvalue weighted by Crippen LogP contribution is -2.37. The van der Waals surface area contributed by atoms with E-state index in [-0.39, 0.29) is 5.91 Å². The molecule has 1 aromatic heterocycles. The van der Waals surface area contributed by atoms with Crippen molar-refractivity contribution in [2.24, 2.45) is 4.99 Å². The van der Waals surface area contributed by atoms with Crippen molar-refractivity contribution in [3.63, 3.8) is 0 Å². The number of carbonyl (C=O) groups excluding carboxylic acids is 1. The first kappa shape index (κ1) is 15.8. The van der Waals surface area contributed by atoms with Gasteiger partial charge in [0.2, 0.25) is 5.91 Å². The van der Waals surface area contributed by atoms with E-state index in [0.717, 1.165) is 38.3 Å². The van der Waals surface area contributed by atoms with Crippen molar-refractivity contribution in [1.82, 2.24) is 16.0 Å². The Morgan fingerprint density at radius 2 is 2.24 bits per heavy atom. The molecule has 0 bridgehead atoms. The van der Waals surface area contributed by atoms with Gasteiger partial charge < -0.3 is 16.0 Å². The molecule has 5 nitrogen and oxygen atoms in total. The fourth-order valence-electron chi connectivity index (χ4n) is 1.95. The van der Waals surface area contributed by atoms with Crippen molar-refractivity contribution in [2.45, 2.75) is 45.2 Å². The van der Waals surface area contributed by atoms with Gasteiger partial charge in [0.15, 0.2) is 5.96 Å². The Morgan fingerprint density at radius 3 is 2.86 bits per heavy atom. The Balaban J connectivity index is 1.59. The maximum absolute atomic E-state index is 11.5. The van der Waals surface area contributed by atoms with Crippen LogP contribution < -0.4 is 16.0 Å². The summed E-state index contributed by atoms with van der Waals surface area (Å²) in [6, 6.07) is 2.57. The van der Waals surface area contributed by atoms with Gasteiger partial charge in [0.25, 0.3) is 0 Å². The van der Waals surface area contributed by atoms with E-state index < -0.39 is 0 Å².